The molecule has 3 rings (SSSR count). The molecule has 7 heteroatoms. The third-order valence-corrected chi connectivity index (χ3v) is 5.19. The van der Waals surface area contributed by atoms with Crippen LogP contribution in [0.1, 0.15) is 16.5 Å². The summed E-state index contributed by atoms with van der Waals surface area (Å²) in [6, 6.07) is 10.1. The Kier molecular flexibility index (Phi) is 8.50. The fourth-order valence-corrected chi connectivity index (χ4v) is 4.14. The van der Waals surface area contributed by atoms with E-state index in [1.807, 2.05) is 18.2 Å². The molecule has 0 bridgehead atoms. The van der Waals surface area contributed by atoms with Gasteiger partial charge in [-0.05, 0) is 23.6 Å². The molecule has 1 fully saturated rings. The van der Waals surface area contributed by atoms with Gasteiger partial charge in [-0.3, -0.25) is 4.90 Å². The molecule has 2 nitrogen and oxygen atoms in total. The first-order valence-corrected chi connectivity index (χ1v) is 8.33. The van der Waals surface area contributed by atoms with Crippen LogP contribution in [0.25, 0.3) is 0 Å². The van der Waals surface area contributed by atoms with E-state index in [1.165, 1.54) is 4.88 Å². The van der Waals surface area contributed by atoms with Crippen molar-refractivity contribution in [3.63, 3.8) is 0 Å². The molecule has 0 radical (unpaired) electrons. The molecular formula is C15H18Cl4N2S. The fourth-order valence-electron chi connectivity index (χ4n) is 2.66. The molecule has 2 aromatic rings. The summed E-state index contributed by atoms with van der Waals surface area (Å²) in [7, 11) is 0. The van der Waals surface area contributed by atoms with Crippen LogP contribution in [-0.4, -0.2) is 31.1 Å². The molecule has 0 spiro atoms. The van der Waals surface area contributed by atoms with Gasteiger partial charge < -0.3 is 5.32 Å². The zero-order chi connectivity index (χ0) is 13.9. The van der Waals surface area contributed by atoms with Gasteiger partial charge >= 0.3 is 0 Å². The Morgan fingerprint density at radius 3 is 2.18 bits per heavy atom. The molecule has 1 aliphatic rings. The minimum Gasteiger partial charge on any atom is -0.314 e. The van der Waals surface area contributed by atoms with Crippen LogP contribution in [0.5, 0.6) is 0 Å². The van der Waals surface area contributed by atoms with E-state index < -0.39 is 0 Å². The van der Waals surface area contributed by atoms with Crippen LogP contribution in [0.4, 0.5) is 0 Å². The zero-order valence-electron chi connectivity index (χ0n) is 11.8. The molecule has 1 aromatic carbocycles. The number of piperazine rings is 1. The van der Waals surface area contributed by atoms with Crippen molar-refractivity contribution in [3.8, 4) is 0 Å². The van der Waals surface area contributed by atoms with Gasteiger partial charge in [-0.25, -0.2) is 0 Å². The van der Waals surface area contributed by atoms with Crippen molar-refractivity contribution in [3.05, 3.63) is 56.2 Å². The average Bonchev–Trinajstić information content (AvgIpc) is 2.98. The molecule has 122 valence electrons. The van der Waals surface area contributed by atoms with E-state index in [1.54, 1.807) is 11.3 Å². The van der Waals surface area contributed by atoms with Crippen molar-refractivity contribution in [1.82, 2.24) is 10.2 Å². The number of hydrogen-bond acceptors (Lipinski definition) is 3. The molecule has 0 saturated carbocycles. The minimum atomic E-state index is 0. The molecule has 22 heavy (non-hydrogen) atoms. The second-order valence-corrected chi connectivity index (χ2v) is 6.63. The van der Waals surface area contributed by atoms with Crippen LogP contribution in [0.15, 0.2) is 35.7 Å². The maximum atomic E-state index is 6.44. The molecule has 0 unspecified atom stereocenters. The maximum absolute atomic E-state index is 6.44. The zero-order valence-corrected chi connectivity index (χ0v) is 15.8. The summed E-state index contributed by atoms with van der Waals surface area (Å²) in [5.41, 5.74) is 1.03. The highest BCUT2D eigenvalue weighted by atomic mass is 35.5. The predicted octanol–water partition coefficient (Wildman–Crippen LogP) is 4.89. The van der Waals surface area contributed by atoms with Crippen LogP contribution in [-0.2, 0) is 0 Å². The SMILES string of the molecule is Cl.Cl.Clc1cccc(Cl)c1[C@@H](c1cccs1)N1CCNCC1. The van der Waals surface area contributed by atoms with Crippen LogP contribution >= 0.6 is 59.4 Å². The minimum absolute atomic E-state index is 0. The van der Waals surface area contributed by atoms with E-state index >= 15 is 0 Å². The van der Waals surface area contributed by atoms with E-state index in [-0.39, 0.29) is 30.9 Å². The Balaban J connectivity index is 0.00000121. The highest BCUT2D eigenvalue weighted by Crippen LogP contribution is 2.39. The number of halogens is 4. The molecule has 1 atom stereocenters. The number of rotatable bonds is 3. The van der Waals surface area contributed by atoms with Crippen molar-refractivity contribution >= 4 is 59.4 Å². The number of thiophene rings is 1. The largest absolute Gasteiger partial charge is 0.314 e. The summed E-state index contributed by atoms with van der Waals surface area (Å²) >= 11 is 14.6. The van der Waals surface area contributed by atoms with Crippen LogP contribution < -0.4 is 5.32 Å². The van der Waals surface area contributed by atoms with Crippen LogP contribution in [0.3, 0.4) is 0 Å². The Morgan fingerprint density at radius 2 is 1.64 bits per heavy atom. The van der Waals surface area contributed by atoms with E-state index in [4.69, 9.17) is 23.2 Å². The van der Waals surface area contributed by atoms with Crippen molar-refractivity contribution < 1.29 is 0 Å². The molecule has 2 heterocycles. The monoisotopic (exact) mass is 398 g/mol. The molecule has 1 aromatic heterocycles. The first-order valence-electron chi connectivity index (χ1n) is 6.69. The van der Waals surface area contributed by atoms with Gasteiger partial charge in [-0.15, -0.1) is 36.2 Å². The molecule has 1 N–H and O–H groups in total. The summed E-state index contributed by atoms with van der Waals surface area (Å²) in [6.07, 6.45) is 0. The highest BCUT2D eigenvalue weighted by molar-refractivity contribution is 7.10. The van der Waals surface area contributed by atoms with Crippen molar-refractivity contribution in [2.24, 2.45) is 0 Å². The Bertz CT molecular complexity index is 551. The third kappa shape index (κ3) is 4.30. The summed E-state index contributed by atoms with van der Waals surface area (Å²) in [5.74, 6) is 0. The van der Waals surface area contributed by atoms with Crippen molar-refractivity contribution in [2.45, 2.75) is 6.04 Å². The number of benzene rings is 1. The quantitative estimate of drug-likeness (QED) is 0.789. The van der Waals surface area contributed by atoms with Gasteiger partial charge in [-0.1, -0.05) is 35.3 Å². The van der Waals surface area contributed by atoms with E-state index in [2.05, 4.69) is 27.7 Å². The van der Waals surface area contributed by atoms with E-state index in [0.717, 1.165) is 41.8 Å². The molecular weight excluding hydrogens is 382 g/mol. The normalized spacial score (nSPS) is 16.5. The van der Waals surface area contributed by atoms with E-state index in [9.17, 15) is 0 Å². The molecule has 0 aliphatic carbocycles. The smallest absolute Gasteiger partial charge is 0.0726 e. The molecule has 1 aliphatic heterocycles. The standard InChI is InChI=1S/C15H16Cl2N2S.2ClH/c16-11-3-1-4-12(17)14(11)15(13-5-2-10-20-13)19-8-6-18-7-9-19;;/h1-5,10,15,18H,6-9H2;2*1H/t15-;;/m1../s1. The highest BCUT2D eigenvalue weighted by Gasteiger charge is 2.28. The Labute approximate surface area is 157 Å². The lowest BCUT2D eigenvalue weighted by Crippen LogP contribution is -2.45. The Morgan fingerprint density at radius 1 is 1.00 bits per heavy atom. The number of hydrogen-bond donors (Lipinski definition) is 1. The maximum Gasteiger partial charge on any atom is 0.0726 e. The van der Waals surface area contributed by atoms with Gasteiger partial charge in [0.1, 0.15) is 0 Å². The summed E-state index contributed by atoms with van der Waals surface area (Å²) in [5, 5.41) is 6.99. The second-order valence-electron chi connectivity index (χ2n) is 4.84. The van der Waals surface area contributed by atoms with Gasteiger partial charge in [0.25, 0.3) is 0 Å². The summed E-state index contributed by atoms with van der Waals surface area (Å²) in [4.78, 5) is 3.75. The third-order valence-electron chi connectivity index (χ3n) is 3.60. The lowest BCUT2D eigenvalue weighted by atomic mass is 10.0. The fraction of sp³-hybridized carbons (Fsp3) is 0.333. The second kappa shape index (κ2) is 9.33. The molecule has 1 saturated heterocycles. The van der Waals surface area contributed by atoms with Gasteiger partial charge in [0, 0.05) is 46.7 Å². The molecule has 0 amide bonds. The summed E-state index contributed by atoms with van der Waals surface area (Å²) < 4.78 is 0. The van der Waals surface area contributed by atoms with Crippen molar-refractivity contribution in [2.75, 3.05) is 26.2 Å². The van der Waals surface area contributed by atoms with Crippen LogP contribution in [0.2, 0.25) is 10.0 Å². The topological polar surface area (TPSA) is 15.3 Å². The van der Waals surface area contributed by atoms with Gasteiger partial charge in [0.15, 0.2) is 0 Å². The Hall–Kier alpha value is -0.000000000000000236. The lowest BCUT2D eigenvalue weighted by molar-refractivity contribution is 0.201. The van der Waals surface area contributed by atoms with Crippen molar-refractivity contribution in [1.29, 1.82) is 0 Å². The van der Waals surface area contributed by atoms with Gasteiger partial charge in [-0.2, -0.15) is 0 Å². The average molecular weight is 400 g/mol. The predicted molar refractivity (Wildman–Crippen MR) is 102 cm³/mol. The first-order chi connectivity index (χ1) is 9.77. The number of nitrogens with zero attached hydrogens (tertiary/aromatic N) is 1. The number of nitrogens with one attached hydrogen (secondary N) is 1. The summed E-state index contributed by atoms with van der Waals surface area (Å²) in [6.45, 7) is 4.02. The lowest BCUT2D eigenvalue weighted by Gasteiger charge is -2.35. The van der Waals surface area contributed by atoms with Crippen LogP contribution in [0, 0.1) is 0 Å². The van der Waals surface area contributed by atoms with E-state index in [0.29, 0.717) is 0 Å². The van der Waals surface area contributed by atoms with Gasteiger partial charge in [0.05, 0.1) is 6.04 Å². The first kappa shape index (κ1) is 20.0. The van der Waals surface area contributed by atoms with Gasteiger partial charge in [0.2, 0.25) is 0 Å².